The van der Waals surface area contributed by atoms with E-state index in [1.807, 2.05) is 0 Å². The van der Waals surface area contributed by atoms with E-state index in [9.17, 15) is 13.5 Å². The zero-order valence-corrected chi connectivity index (χ0v) is 9.36. The Morgan fingerprint density at radius 3 is 2.44 bits per heavy atom. The average Bonchev–Trinajstić information content (AvgIpc) is 2.14. The van der Waals surface area contributed by atoms with Crippen LogP contribution in [0.4, 0.5) is 0 Å². The second-order valence-corrected chi connectivity index (χ2v) is 5.06. The Kier molecular flexibility index (Phi) is 2.47. The third-order valence-electron chi connectivity index (χ3n) is 2.04. The van der Waals surface area contributed by atoms with Crippen LogP contribution in [0.5, 0.6) is 11.5 Å². The second-order valence-electron chi connectivity index (χ2n) is 3.48. The minimum absolute atomic E-state index is 0.129. The first-order chi connectivity index (χ1) is 7.44. The molecule has 4 nitrogen and oxygen atoms in total. The molecule has 0 aromatic heterocycles. The minimum atomic E-state index is -3.52. The van der Waals surface area contributed by atoms with Crippen molar-refractivity contribution in [2.24, 2.45) is 0 Å². The molecule has 2 aromatic rings. The van der Waals surface area contributed by atoms with Gasteiger partial charge in [-0.1, -0.05) is 12.1 Å². The van der Waals surface area contributed by atoms with Crippen molar-refractivity contribution in [1.82, 2.24) is 0 Å². The van der Waals surface area contributed by atoms with E-state index in [1.165, 1.54) is 0 Å². The number of fused-ring (bicyclic) bond motifs is 1. The molecule has 0 amide bonds. The minimum Gasteiger partial charge on any atom is -0.508 e. The highest BCUT2D eigenvalue weighted by Crippen LogP contribution is 2.24. The van der Waals surface area contributed by atoms with E-state index < -0.39 is 10.1 Å². The quantitative estimate of drug-likeness (QED) is 0.811. The summed E-state index contributed by atoms with van der Waals surface area (Å²) < 4.78 is 26.6. The van der Waals surface area contributed by atoms with Gasteiger partial charge in [-0.3, -0.25) is 0 Å². The number of aromatic hydroxyl groups is 1. The van der Waals surface area contributed by atoms with E-state index >= 15 is 0 Å². The largest absolute Gasteiger partial charge is 0.508 e. The number of hydrogen-bond acceptors (Lipinski definition) is 4. The lowest BCUT2D eigenvalue weighted by molar-refractivity contribution is 0.476. The van der Waals surface area contributed by atoms with E-state index in [2.05, 4.69) is 0 Å². The van der Waals surface area contributed by atoms with Crippen molar-refractivity contribution < 1.29 is 17.7 Å². The van der Waals surface area contributed by atoms with Crippen LogP contribution in [0, 0.1) is 0 Å². The maximum atomic E-state index is 10.9. The number of hydrogen-bond donors (Lipinski definition) is 1. The summed E-state index contributed by atoms with van der Waals surface area (Å²) in [7, 11) is -3.52. The highest BCUT2D eigenvalue weighted by Gasteiger charge is 2.05. The van der Waals surface area contributed by atoms with Crippen LogP contribution in [0.1, 0.15) is 0 Å². The van der Waals surface area contributed by atoms with Gasteiger partial charge in [-0.25, -0.2) is 0 Å². The lowest BCUT2D eigenvalue weighted by atomic mass is 10.1. The molecule has 0 unspecified atom stereocenters. The van der Waals surface area contributed by atoms with Crippen LogP contribution >= 0.6 is 0 Å². The van der Waals surface area contributed by atoms with Crippen molar-refractivity contribution in [2.45, 2.75) is 0 Å². The molecule has 0 fully saturated rings. The van der Waals surface area contributed by atoms with Gasteiger partial charge in [0.1, 0.15) is 11.5 Å². The number of phenolic OH excluding ortho intramolecular Hbond substituents is 1. The topological polar surface area (TPSA) is 63.6 Å². The van der Waals surface area contributed by atoms with Crippen molar-refractivity contribution in [1.29, 1.82) is 0 Å². The molecule has 0 heterocycles. The molecule has 0 aliphatic heterocycles. The zero-order valence-electron chi connectivity index (χ0n) is 8.54. The smallest absolute Gasteiger partial charge is 0.306 e. The maximum absolute atomic E-state index is 10.9. The summed E-state index contributed by atoms with van der Waals surface area (Å²) in [6.07, 6.45) is 0.986. The Hall–Kier alpha value is -1.75. The summed E-state index contributed by atoms with van der Waals surface area (Å²) in [5.74, 6) is 0.365. The summed E-state index contributed by atoms with van der Waals surface area (Å²) >= 11 is 0. The van der Waals surface area contributed by atoms with E-state index in [0.29, 0.717) is 0 Å². The van der Waals surface area contributed by atoms with Crippen LogP contribution in [-0.2, 0) is 10.1 Å². The third kappa shape index (κ3) is 2.43. The van der Waals surface area contributed by atoms with Crippen LogP contribution in [0.3, 0.4) is 0 Å². The highest BCUT2D eigenvalue weighted by molar-refractivity contribution is 7.86. The van der Waals surface area contributed by atoms with Gasteiger partial charge < -0.3 is 9.29 Å². The molecule has 0 aliphatic rings. The Balaban J connectivity index is 2.51. The van der Waals surface area contributed by atoms with E-state index in [0.717, 1.165) is 17.0 Å². The summed E-state index contributed by atoms with van der Waals surface area (Å²) in [6, 6.07) is 9.73. The van der Waals surface area contributed by atoms with Crippen molar-refractivity contribution in [2.75, 3.05) is 6.26 Å². The summed E-state index contributed by atoms with van der Waals surface area (Å²) in [5.41, 5.74) is 0. The predicted octanol–water partition coefficient (Wildman–Crippen LogP) is 1.88. The van der Waals surface area contributed by atoms with Crippen LogP contribution in [0.15, 0.2) is 36.4 Å². The van der Waals surface area contributed by atoms with Gasteiger partial charge in [0.25, 0.3) is 0 Å². The molecular weight excluding hydrogens is 228 g/mol. The van der Waals surface area contributed by atoms with E-state index in [4.69, 9.17) is 4.18 Å². The average molecular weight is 238 g/mol. The first kappa shape index (κ1) is 10.8. The number of benzene rings is 2. The van der Waals surface area contributed by atoms with Crippen LogP contribution in [-0.4, -0.2) is 19.8 Å². The van der Waals surface area contributed by atoms with E-state index in [-0.39, 0.29) is 11.5 Å². The molecule has 2 aromatic carbocycles. The van der Waals surface area contributed by atoms with Crippen molar-refractivity contribution in [3.8, 4) is 11.5 Å². The summed E-state index contributed by atoms with van der Waals surface area (Å²) in [4.78, 5) is 0. The van der Waals surface area contributed by atoms with Gasteiger partial charge in [0.05, 0.1) is 6.26 Å². The van der Waals surface area contributed by atoms with Gasteiger partial charge >= 0.3 is 10.1 Å². The molecule has 84 valence electrons. The molecule has 0 atom stereocenters. The fourth-order valence-corrected chi connectivity index (χ4v) is 1.89. The maximum Gasteiger partial charge on any atom is 0.306 e. The molecule has 0 spiro atoms. The molecule has 2 rings (SSSR count). The first-order valence-corrected chi connectivity index (χ1v) is 6.38. The fourth-order valence-electron chi connectivity index (χ4n) is 1.44. The third-order valence-corrected chi connectivity index (χ3v) is 2.54. The molecule has 5 heteroatoms. The van der Waals surface area contributed by atoms with Gasteiger partial charge in [-0.05, 0) is 35.0 Å². The molecule has 0 saturated carbocycles. The standard InChI is InChI=1S/C11H10O4S/c1-16(13,14)15-11-5-3-8-2-4-10(12)6-9(8)7-11/h2-7,12H,1H3. The van der Waals surface area contributed by atoms with Crippen LogP contribution < -0.4 is 4.18 Å². The number of rotatable bonds is 2. The molecular formula is C11H10O4S. The van der Waals surface area contributed by atoms with Crippen molar-refractivity contribution in [3.63, 3.8) is 0 Å². The summed E-state index contributed by atoms with van der Waals surface area (Å²) in [6.45, 7) is 0. The fraction of sp³-hybridized carbons (Fsp3) is 0.0909. The van der Waals surface area contributed by atoms with Crippen LogP contribution in [0.25, 0.3) is 10.8 Å². The number of phenols is 1. The van der Waals surface area contributed by atoms with Crippen molar-refractivity contribution in [3.05, 3.63) is 36.4 Å². The zero-order chi connectivity index (χ0) is 11.8. The molecule has 0 bridgehead atoms. The second kappa shape index (κ2) is 3.68. The van der Waals surface area contributed by atoms with E-state index in [1.54, 1.807) is 36.4 Å². The van der Waals surface area contributed by atoms with Gasteiger partial charge in [-0.15, -0.1) is 0 Å². The van der Waals surface area contributed by atoms with Gasteiger partial charge in [0.2, 0.25) is 0 Å². The van der Waals surface area contributed by atoms with Crippen LogP contribution in [0.2, 0.25) is 0 Å². The Labute approximate surface area is 93.2 Å². The normalized spacial score (nSPS) is 11.6. The highest BCUT2D eigenvalue weighted by atomic mass is 32.2. The Bertz CT molecular complexity index is 631. The summed E-state index contributed by atoms with van der Waals surface area (Å²) in [5, 5.41) is 10.9. The van der Waals surface area contributed by atoms with Gasteiger partial charge in [-0.2, -0.15) is 8.42 Å². The Morgan fingerprint density at radius 1 is 1.06 bits per heavy atom. The first-order valence-electron chi connectivity index (χ1n) is 4.56. The lowest BCUT2D eigenvalue weighted by Gasteiger charge is -2.04. The predicted molar refractivity (Wildman–Crippen MR) is 61.1 cm³/mol. The monoisotopic (exact) mass is 238 g/mol. The van der Waals surface area contributed by atoms with Crippen molar-refractivity contribution >= 4 is 20.9 Å². The van der Waals surface area contributed by atoms with Gasteiger partial charge in [0, 0.05) is 0 Å². The van der Waals surface area contributed by atoms with Gasteiger partial charge in [0.15, 0.2) is 0 Å². The molecule has 16 heavy (non-hydrogen) atoms. The Morgan fingerprint density at radius 2 is 1.75 bits per heavy atom. The lowest BCUT2D eigenvalue weighted by Crippen LogP contribution is -2.05. The molecule has 1 N–H and O–H groups in total. The SMILES string of the molecule is CS(=O)(=O)Oc1ccc2ccc(O)cc2c1. The molecule has 0 saturated heterocycles. The molecule has 0 radical (unpaired) electrons. The molecule has 0 aliphatic carbocycles.